The van der Waals surface area contributed by atoms with Crippen molar-refractivity contribution in [2.45, 2.75) is 26.7 Å². The Morgan fingerprint density at radius 2 is 2.20 bits per heavy atom. The Morgan fingerprint density at radius 1 is 1.45 bits per heavy atom. The summed E-state index contributed by atoms with van der Waals surface area (Å²) in [7, 11) is 1.55. The van der Waals surface area contributed by atoms with Crippen LogP contribution in [-0.2, 0) is 0 Å². The van der Waals surface area contributed by atoms with Crippen molar-refractivity contribution >= 4 is 23.0 Å². The predicted molar refractivity (Wildman–Crippen MR) is 85.5 cm³/mol. The Hall–Kier alpha value is -1.82. The molecule has 5 nitrogen and oxygen atoms in total. The summed E-state index contributed by atoms with van der Waals surface area (Å²) in [6.07, 6.45) is 2.17. The monoisotopic (exact) mass is 295 g/mol. The van der Waals surface area contributed by atoms with E-state index in [-0.39, 0.29) is 5.75 Å². The number of nitrogens with one attached hydrogen (secondary N) is 2. The van der Waals surface area contributed by atoms with Gasteiger partial charge in [0.05, 0.1) is 12.8 Å². The fourth-order valence-corrected chi connectivity index (χ4v) is 1.71. The number of benzene rings is 1. The van der Waals surface area contributed by atoms with Crippen LogP contribution in [0.3, 0.4) is 0 Å². The maximum atomic E-state index is 9.89. The number of thiocarbonyl (C=S) groups is 1. The second-order valence-corrected chi connectivity index (χ2v) is 4.71. The van der Waals surface area contributed by atoms with Crippen molar-refractivity contribution in [1.82, 2.24) is 10.7 Å². The average Bonchev–Trinajstić information content (AvgIpc) is 2.44. The molecule has 0 fully saturated rings. The molecule has 0 atom stereocenters. The van der Waals surface area contributed by atoms with Crippen LogP contribution in [0.15, 0.2) is 23.3 Å². The molecule has 110 valence electrons. The van der Waals surface area contributed by atoms with Crippen LogP contribution in [0.25, 0.3) is 0 Å². The topological polar surface area (TPSA) is 65.9 Å². The van der Waals surface area contributed by atoms with E-state index in [1.807, 2.05) is 0 Å². The Balaban J connectivity index is 2.62. The molecule has 0 heterocycles. The first-order valence-corrected chi connectivity index (χ1v) is 6.94. The zero-order valence-corrected chi connectivity index (χ0v) is 12.9. The van der Waals surface area contributed by atoms with Crippen molar-refractivity contribution in [2.75, 3.05) is 13.7 Å². The van der Waals surface area contributed by atoms with E-state index in [1.165, 1.54) is 0 Å². The largest absolute Gasteiger partial charge is 0.507 e. The molecule has 0 aliphatic heterocycles. The van der Waals surface area contributed by atoms with Crippen LogP contribution < -0.4 is 15.5 Å². The number of rotatable bonds is 6. The molecule has 0 aromatic heterocycles. The number of phenolic OH excluding ortho intramolecular Hbond substituents is 1. The van der Waals surface area contributed by atoms with Gasteiger partial charge in [0, 0.05) is 18.2 Å². The van der Waals surface area contributed by atoms with Gasteiger partial charge in [0.1, 0.15) is 11.5 Å². The van der Waals surface area contributed by atoms with Crippen LogP contribution in [0.2, 0.25) is 0 Å². The lowest BCUT2D eigenvalue weighted by Crippen LogP contribution is -2.33. The van der Waals surface area contributed by atoms with E-state index >= 15 is 0 Å². The second-order valence-electron chi connectivity index (χ2n) is 4.30. The summed E-state index contributed by atoms with van der Waals surface area (Å²) in [5, 5.41) is 17.6. The molecule has 0 bridgehead atoms. The van der Waals surface area contributed by atoms with E-state index in [0.717, 1.165) is 19.4 Å². The van der Waals surface area contributed by atoms with E-state index in [9.17, 15) is 5.11 Å². The predicted octanol–water partition coefficient (Wildman–Crippen LogP) is 2.39. The summed E-state index contributed by atoms with van der Waals surface area (Å²) < 4.78 is 5.04. The molecular weight excluding hydrogens is 274 g/mol. The Bertz CT molecular complexity index is 489. The van der Waals surface area contributed by atoms with Gasteiger partial charge in [0.15, 0.2) is 5.11 Å². The highest BCUT2D eigenvalue weighted by atomic mass is 32.1. The summed E-state index contributed by atoms with van der Waals surface area (Å²) in [4.78, 5) is 0. The van der Waals surface area contributed by atoms with Gasteiger partial charge in [-0.15, -0.1) is 0 Å². The van der Waals surface area contributed by atoms with Crippen LogP contribution in [0.5, 0.6) is 11.5 Å². The zero-order valence-electron chi connectivity index (χ0n) is 12.1. The summed E-state index contributed by atoms with van der Waals surface area (Å²) in [6, 6.07) is 5.07. The van der Waals surface area contributed by atoms with Gasteiger partial charge in [-0.2, -0.15) is 5.10 Å². The van der Waals surface area contributed by atoms with Crippen molar-refractivity contribution < 1.29 is 9.84 Å². The van der Waals surface area contributed by atoms with Gasteiger partial charge < -0.3 is 15.2 Å². The van der Waals surface area contributed by atoms with Crippen LogP contribution in [-0.4, -0.2) is 29.6 Å². The highest BCUT2D eigenvalue weighted by Crippen LogP contribution is 2.23. The summed E-state index contributed by atoms with van der Waals surface area (Å²) in [5.41, 5.74) is 4.04. The van der Waals surface area contributed by atoms with E-state index in [0.29, 0.717) is 22.1 Å². The average molecular weight is 295 g/mol. The molecule has 0 amide bonds. The number of phenols is 1. The second kappa shape index (κ2) is 8.37. The molecule has 0 spiro atoms. The van der Waals surface area contributed by atoms with Gasteiger partial charge in [-0.25, -0.2) is 0 Å². The first-order valence-electron chi connectivity index (χ1n) is 6.54. The molecule has 0 saturated heterocycles. The highest BCUT2D eigenvalue weighted by Gasteiger charge is 2.06. The number of ether oxygens (including phenoxy) is 1. The Morgan fingerprint density at radius 3 is 2.80 bits per heavy atom. The minimum atomic E-state index is 0.122. The molecule has 20 heavy (non-hydrogen) atoms. The molecule has 1 aromatic rings. The minimum absolute atomic E-state index is 0.122. The molecule has 0 saturated carbocycles. The molecule has 0 unspecified atom stereocenters. The van der Waals surface area contributed by atoms with Gasteiger partial charge in [-0.3, -0.25) is 5.43 Å². The number of unbranched alkanes of at least 4 members (excludes halogenated alkanes) is 1. The summed E-state index contributed by atoms with van der Waals surface area (Å²) in [5.74, 6) is 0.723. The highest BCUT2D eigenvalue weighted by molar-refractivity contribution is 7.80. The Labute approximate surface area is 125 Å². The first-order chi connectivity index (χ1) is 9.58. The van der Waals surface area contributed by atoms with Gasteiger partial charge in [0.2, 0.25) is 0 Å². The third kappa shape index (κ3) is 5.05. The maximum absolute atomic E-state index is 9.89. The number of aromatic hydroxyl groups is 1. The van der Waals surface area contributed by atoms with E-state index < -0.39 is 0 Å². The first kappa shape index (κ1) is 16.2. The lowest BCUT2D eigenvalue weighted by molar-refractivity contribution is 0.407. The summed E-state index contributed by atoms with van der Waals surface area (Å²) in [6.45, 7) is 4.74. The number of nitrogens with zero attached hydrogens (tertiary/aromatic N) is 1. The normalized spacial score (nSPS) is 11.1. The fraction of sp³-hybridized carbons (Fsp3) is 0.429. The molecule has 1 aromatic carbocycles. The molecule has 3 N–H and O–H groups in total. The quantitative estimate of drug-likeness (QED) is 0.325. The van der Waals surface area contributed by atoms with E-state index in [4.69, 9.17) is 17.0 Å². The van der Waals surface area contributed by atoms with Crippen molar-refractivity contribution in [3.05, 3.63) is 23.8 Å². The van der Waals surface area contributed by atoms with Crippen molar-refractivity contribution in [3.8, 4) is 11.5 Å². The van der Waals surface area contributed by atoms with Crippen LogP contribution in [0, 0.1) is 0 Å². The zero-order chi connectivity index (χ0) is 15.0. The van der Waals surface area contributed by atoms with Gasteiger partial charge in [0.25, 0.3) is 0 Å². The standard InChI is InChI=1S/C14H21N3O2S/c1-4-5-8-15-14(20)17-16-10(2)12-7-6-11(19-3)9-13(12)18/h6-7,9,18H,4-5,8H2,1-3H3,(H2,15,17,20). The fourth-order valence-electron chi connectivity index (χ4n) is 1.56. The van der Waals surface area contributed by atoms with Crippen molar-refractivity contribution in [2.24, 2.45) is 5.10 Å². The number of hydrazone groups is 1. The van der Waals surface area contributed by atoms with Crippen molar-refractivity contribution in [1.29, 1.82) is 0 Å². The summed E-state index contributed by atoms with van der Waals surface area (Å²) >= 11 is 5.10. The van der Waals surface area contributed by atoms with Crippen LogP contribution in [0.1, 0.15) is 32.3 Å². The van der Waals surface area contributed by atoms with Crippen LogP contribution >= 0.6 is 12.2 Å². The lowest BCUT2D eigenvalue weighted by atomic mass is 10.1. The lowest BCUT2D eigenvalue weighted by Gasteiger charge is -2.09. The number of methoxy groups -OCH3 is 1. The van der Waals surface area contributed by atoms with Crippen molar-refractivity contribution in [3.63, 3.8) is 0 Å². The maximum Gasteiger partial charge on any atom is 0.186 e. The SMILES string of the molecule is CCCCNC(=S)NN=C(C)c1ccc(OC)cc1O. The van der Waals surface area contributed by atoms with Gasteiger partial charge in [-0.1, -0.05) is 13.3 Å². The third-order valence-electron chi connectivity index (χ3n) is 2.74. The molecule has 0 aliphatic carbocycles. The minimum Gasteiger partial charge on any atom is -0.507 e. The van der Waals surface area contributed by atoms with E-state index in [1.54, 1.807) is 32.2 Å². The number of hydrogen-bond acceptors (Lipinski definition) is 4. The van der Waals surface area contributed by atoms with Gasteiger partial charge >= 0.3 is 0 Å². The van der Waals surface area contributed by atoms with Crippen LogP contribution in [0.4, 0.5) is 0 Å². The molecule has 1 rings (SSSR count). The number of hydrogen-bond donors (Lipinski definition) is 3. The smallest absolute Gasteiger partial charge is 0.186 e. The third-order valence-corrected chi connectivity index (χ3v) is 2.97. The molecule has 0 radical (unpaired) electrons. The molecule has 0 aliphatic rings. The van der Waals surface area contributed by atoms with Gasteiger partial charge in [-0.05, 0) is 37.7 Å². The molecular formula is C14H21N3O2S. The van der Waals surface area contributed by atoms with E-state index in [2.05, 4.69) is 22.8 Å². The molecule has 6 heteroatoms. The Kier molecular flexibility index (Phi) is 6.79.